The molecule has 1 aromatic carbocycles. The van der Waals surface area contributed by atoms with Crippen LogP contribution >= 0.6 is 0 Å². The number of carbonyl (C=O) groups excluding carboxylic acids is 1. The van der Waals surface area contributed by atoms with Crippen LogP contribution in [0.1, 0.15) is 40.9 Å². The van der Waals surface area contributed by atoms with Gasteiger partial charge >= 0.3 is 0 Å². The number of amides is 1. The zero-order valence-electron chi connectivity index (χ0n) is 12.7. The summed E-state index contributed by atoms with van der Waals surface area (Å²) in [5.41, 5.74) is 8.93. The van der Waals surface area contributed by atoms with Gasteiger partial charge < -0.3 is 5.73 Å². The van der Waals surface area contributed by atoms with Crippen molar-refractivity contribution in [3.63, 3.8) is 0 Å². The van der Waals surface area contributed by atoms with Crippen LogP contribution in [0.5, 0.6) is 0 Å². The maximum absolute atomic E-state index is 11.3. The van der Waals surface area contributed by atoms with Gasteiger partial charge in [0.05, 0.1) is 17.8 Å². The van der Waals surface area contributed by atoms with E-state index in [0.29, 0.717) is 5.56 Å². The Kier molecular flexibility index (Phi) is 3.63. The number of nitrogens with two attached hydrogens (primary N) is 1. The number of fused-ring (bicyclic) bond motifs is 1. The molecule has 3 aromatic rings. The summed E-state index contributed by atoms with van der Waals surface area (Å²) in [7, 11) is 0. The first-order valence-corrected chi connectivity index (χ1v) is 7.30. The Labute approximate surface area is 128 Å². The zero-order valence-corrected chi connectivity index (χ0v) is 12.7. The lowest BCUT2D eigenvalue weighted by atomic mass is 9.99. The van der Waals surface area contributed by atoms with Crippen molar-refractivity contribution < 1.29 is 4.79 Å². The summed E-state index contributed by atoms with van der Waals surface area (Å²) in [6.07, 6.45) is 4.14. The molecule has 2 N–H and O–H groups in total. The molecule has 2 heterocycles. The van der Waals surface area contributed by atoms with E-state index < -0.39 is 5.91 Å². The highest BCUT2D eigenvalue weighted by atomic mass is 16.1. The van der Waals surface area contributed by atoms with E-state index in [0.717, 1.165) is 17.5 Å². The molecule has 0 spiro atoms. The molecule has 0 saturated carbocycles. The van der Waals surface area contributed by atoms with E-state index in [2.05, 4.69) is 36.1 Å². The number of carbonyl (C=O) groups is 1. The summed E-state index contributed by atoms with van der Waals surface area (Å²) < 4.78 is 1.92. The normalized spacial score (nSPS) is 12.5. The van der Waals surface area contributed by atoms with Crippen molar-refractivity contribution in [1.82, 2.24) is 14.8 Å². The van der Waals surface area contributed by atoms with Gasteiger partial charge in [-0.15, -0.1) is 0 Å². The number of benzene rings is 1. The molecule has 112 valence electrons. The smallest absolute Gasteiger partial charge is 0.250 e. The molecule has 1 unspecified atom stereocenters. The molecule has 0 saturated heterocycles. The quantitative estimate of drug-likeness (QED) is 0.804. The van der Waals surface area contributed by atoms with Gasteiger partial charge in [0.2, 0.25) is 5.91 Å². The Morgan fingerprint density at radius 3 is 2.77 bits per heavy atom. The second-order valence-corrected chi connectivity index (χ2v) is 5.37. The van der Waals surface area contributed by atoms with Gasteiger partial charge in [-0.05, 0) is 30.5 Å². The van der Waals surface area contributed by atoms with Crippen LogP contribution in [-0.2, 0) is 0 Å². The molecule has 22 heavy (non-hydrogen) atoms. The van der Waals surface area contributed by atoms with Crippen molar-refractivity contribution in [2.75, 3.05) is 0 Å². The van der Waals surface area contributed by atoms with Crippen molar-refractivity contribution in [2.45, 2.75) is 26.3 Å². The number of pyridine rings is 1. The topological polar surface area (TPSA) is 73.8 Å². The highest BCUT2D eigenvalue weighted by Gasteiger charge is 2.18. The molecule has 0 aliphatic carbocycles. The Balaban J connectivity index is 2.12. The summed E-state index contributed by atoms with van der Waals surface area (Å²) in [4.78, 5) is 15.6. The second kappa shape index (κ2) is 5.60. The fourth-order valence-corrected chi connectivity index (χ4v) is 2.79. The fourth-order valence-electron chi connectivity index (χ4n) is 2.79. The minimum absolute atomic E-state index is 0.116. The van der Waals surface area contributed by atoms with Gasteiger partial charge in [-0.2, -0.15) is 5.10 Å². The maximum atomic E-state index is 11.3. The lowest BCUT2D eigenvalue weighted by Crippen LogP contribution is -2.14. The first kappa shape index (κ1) is 14.3. The van der Waals surface area contributed by atoms with Gasteiger partial charge in [0.25, 0.3) is 0 Å². The molecule has 0 radical (unpaired) electrons. The molecule has 3 rings (SSSR count). The van der Waals surface area contributed by atoms with Gasteiger partial charge in [-0.25, -0.2) is 9.67 Å². The number of primary amides is 1. The van der Waals surface area contributed by atoms with Crippen LogP contribution in [0.15, 0.2) is 42.7 Å². The van der Waals surface area contributed by atoms with E-state index in [1.807, 2.05) is 16.8 Å². The number of aryl methyl sites for hydroxylation is 1. The summed E-state index contributed by atoms with van der Waals surface area (Å²) in [6.45, 7) is 4.23. The lowest BCUT2D eigenvalue weighted by Gasteiger charge is -2.19. The zero-order chi connectivity index (χ0) is 15.7. The summed E-state index contributed by atoms with van der Waals surface area (Å²) in [5.74, 6) is -0.479. The predicted molar refractivity (Wildman–Crippen MR) is 85.7 cm³/mol. The van der Waals surface area contributed by atoms with Gasteiger partial charge in [0.1, 0.15) is 0 Å². The third-order valence-electron chi connectivity index (χ3n) is 3.95. The first-order valence-electron chi connectivity index (χ1n) is 7.30. The van der Waals surface area contributed by atoms with E-state index in [1.54, 1.807) is 12.3 Å². The second-order valence-electron chi connectivity index (χ2n) is 5.37. The van der Waals surface area contributed by atoms with Crippen LogP contribution in [0.25, 0.3) is 11.0 Å². The molecular formula is C17H18N4O. The molecule has 1 atom stereocenters. The van der Waals surface area contributed by atoms with Crippen molar-refractivity contribution in [3.05, 3.63) is 59.4 Å². The largest absolute Gasteiger partial charge is 0.366 e. The van der Waals surface area contributed by atoms with Gasteiger partial charge in [0, 0.05) is 11.6 Å². The van der Waals surface area contributed by atoms with E-state index in [-0.39, 0.29) is 6.04 Å². The number of nitrogens with zero attached hydrogens (tertiary/aromatic N) is 3. The van der Waals surface area contributed by atoms with Crippen LogP contribution in [0, 0.1) is 6.92 Å². The highest BCUT2D eigenvalue weighted by molar-refractivity contribution is 5.95. The minimum atomic E-state index is -0.479. The fraction of sp³-hybridized carbons (Fsp3) is 0.235. The Morgan fingerprint density at radius 1 is 1.32 bits per heavy atom. The minimum Gasteiger partial charge on any atom is -0.366 e. The molecule has 5 nitrogen and oxygen atoms in total. The molecule has 0 aliphatic rings. The molecule has 0 bridgehead atoms. The van der Waals surface area contributed by atoms with E-state index >= 15 is 0 Å². The van der Waals surface area contributed by atoms with Crippen molar-refractivity contribution >= 4 is 16.9 Å². The molecule has 5 heteroatoms. The number of rotatable bonds is 4. The Bertz CT molecular complexity index is 838. The number of hydrogen-bond acceptors (Lipinski definition) is 3. The van der Waals surface area contributed by atoms with Gasteiger partial charge in [-0.3, -0.25) is 4.79 Å². The first-order chi connectivity index (χ1) is 10.6. The third kappa shape index (κ3) is 2.35. The third-order valence-corrected chi connectivity index (χ3v) is 3.95. The molecule has 0 aliphatic heterocycles. The summed E-state index contributed by atoms with van der Waals surface area (Å²) in [6, 6.07) is 10.1. The molecule has 2 aromatic heterocycles. The average Bonchev–Trinajstić information content (AvgIpc) is 2.93. The van der Waals surface area contributed by atoms with Gasteiger partial charge in [-0.1, -0.05) is 31.2 Å². The summed E-state index contributed by atoms with van der Waals surface area (Å²) in [5, 5.41) is 5.31. The predicted octanol–water partition coefficient (Wildman–Crippen LogP) is 2.84. The highest BCUT2D eigenvalue weighted by Crippen LogP contribution is 2.27. The van der Waals surface area contributed by atoms with Crippen molar-refractivity contribution in [3.8, 4) is 0 Å². The monoisotopic (exact) mass is 294 g/mol. The lowest BCUT2D eigenvalue weighted by molar-refractivity contribution is 0.1000. The van der Waals surface area contributed by atoms with E-state index in [4.69, 9.17) is 5.73 Å². The van der Waals surface area contributed by atoms with Crippen molar-refractivity contribution in [1.29, 1.82) is 0 Å². The molecule has 0 fully saturated rings. The molecular weight excluding hydrogens is 276 g/mol. The van der Waals surface area contributed by atoms with Gasteiger partial charge in [0.15, 0.2) is 5.65 Å². The Hall–Kier alpha value is -2.69. The summed E-state index contributed by atoms with van der Waals surface area (Å²) >= 11 is 0. The van der Waals surface area contributed by atoms with Crippen LogP contribution in [0.2, 0.25) is 0 Å². The standard InChI is InChI=1S/C17H18N4O/c1-3-15(14-7-5-4-6-11(14)2)21-17-13(10-20-21)8-12(9-19-17)16(18)22/h4-10,15H,3H2,1-2H3,(H2,18,22). The molecule has 1 amide bonds. The van der Waals surface area contributed by atoms with Crippen molar-refractivity contribution in [2.24, 2.45) is 5.73 Å². The number of hydrogen-bond donors (Lipinski definition) is 1. The van der Waals surface area contributed by atoms with Crippen LogP contribution in [-0.4, -0.2) is 20.7 Å². The SMILES string of the molecule is CCC(c1ccccc1C)n1ncc2cc(C(N)=O)cnc21. The maximum Gasteiger partial charge on any atom is 0.250 e. The Morgan fingerprint density at radius 2 is 2.09 bits per heavy atom. The number of aromatic nitrogens is 3. The van der Waals surface area contributed by atoms with Crippen LogP contribution < -0.4 is 5.73 Å². The van der Waals surface area contributed by atoms with E-state index in [9.17, 15) is 4.79 Å². The van der Waals surface area contributed by atoms with Crippen LogP contribution in [0.3, 0.4) is 0 Å². The van der Waals surface area contributed by atoms with Crippen LogP contribution in [0.4, 0.5) is 0 Å². The average molecular weight is 294 g/mol. The van der Waals surface area contributed by atoms with E-state index in [1.165, 1.54) is 17.3 Å².